The molecule has 3 N–H and O–H groups in total. The maximum absolute atomic E-state index is 12.9. The fourth-order valence-corrected chi connectivity index (χ4v) is 4.69. The van der Waals surface area contributed by atoms with E-state index >= 15 is 0 Å². The first-order valence-corrected chi connectivity index (χ1v) is 12.3. The van der Waals surface area contributed by atoms with E-state index in [1.54, 1.807) is 34.6 Å². The van der Waals surface area contributed by atoms with E-state index in [2.05, 4.69) is 15.4 Å². The Bertz CT molecular complexity index is 983. The number of carbonyl (C=O) groups excluding carboxylic acids is 3. The van der Waals surface area contributed by atoms with Crippen molar-refractivity contribution in [2.24, 2.45) is 11.7 Å². The number of carbonyl (C=O) groups is 3. The molecule has 5 atom stereocenters. The van der Waals surface area contributed by atoms with Gasteiger partial charge in [0.15, 0.2) is 12.0 Å². The van der Waals surface area contributed by atoms with E-state index in [1.165, 1.54) is 11.0 Å². The average Bonchev–Trinajstić information content (AvgIpc) is 3.54. The fourth-order valence-electron chi connectivity index (χ4n) is 4.69. The molecular formula is C23H35N5O8. The minimum atomic E-state index is -0.914. The molecule has 13 nitrogen and oxygen atoms in total. The topological polar surface area (TPSA) is 166 Å². The van der Waals surface area contributed by atoms with Gasteiger partial charge in [0.1, 0.15) is 42.9 Å². The number of nitrogens with one attached hydrogen (secondary N) is 1. The van der Waals surface area contributed by atoms with E-state index in [-0.39, 0.29) is 18.3 Å². The molecule has 0 radical (unpaired) electrons. The molecule has 1 saturated carbocycles. The van der Waals surface area contributed by atoms with Gasteiger partial charge < -0.3 is 34.7 Å². The van der Waals surface area contributed by atoms with Crippen LogP contribution in [0.2, 0.25) is 0 Å². The van der Waals surface area contributed by atoms with E-state index in [4.69, 9.17) is 29.4 Å². The van der Waals surface area contributed by atoms with Gasteiger partial charge >= 0.3 is 12.1 Å². The van der Waals surface area contributed by atoms with Crippen molar-refractivity contribution in [1.82, 2.24) is 20.1 Å². The lowest BCUT2D eigenvalue weighted by atomic mass is 10.1. The Morgan fingerprint density at radius 2 is 1.89 bits per heavy atom. The summed E-state index contributed by atoms with van der Waals surface area (Å²) in [6.45, 7) is 8.67. The minimum Gasteiger partial charge on any atom is -0.461 e. The quantitative estimate of drug-likeness (QED) is 0.513. The van der Waals surface area contributed by atoms with Crippen molar-refractivity contribution in [2.75, 3.05) is 6.61 Å². The Balaban J connectivity index is 1.45. The van der Waals surface area contributed by atoms with Crippen LogP contribution < -0.4 is 11.1 Å². The molecule has 13 heteroatoms. The molecule has 3 heterocycles. The van der Waals surface area contributed by atoms with Crippen LogP contribution in [0, 0.1) is 5.92 Å². The number of aromatic nitrogens is 3. The van der Waals surface area contributed by atoms with Crippen LogP contribution in [0.15, 0.2) is 6.33 Å². The Kier molecular flexibility index (Phi) is 7.26. The van der Waals surface area contributed by atoms with Gasteiger partial charge in [-0.05, 0) is 39.5 Å². The van der Waals surface area contributed by atoms with Crippen LogP contribution in [-0.2, 0) is 28.5 Å². The summed E-state index contributed by atoms with van der Waals surface area (Å²) in [6.07, 6.45) is 1.60. The zero-order valence-corrected chi connectivity index (χ0v) is 21.3. The Morgan fingerprint density at radius 1 is 1.22 bits per heavy atom. The zero-order chi connectivity index (χ0) is 26.3. The third-order valence-electron chi connectivity index (χ3n) is 6.32. The first-order valence-electron chi connectivity index (χ1n) is 12.3. The average molecular weight is 510 g/mol. The van der Waals surface area contributed by atoms with Crippen molar-refractivity contribution < 1.29 is 38.1 Å². The summed E-state index contributed by atoms with van der Waals surface area (Å²) >= 11 is 0. The predicted octanol–water partition coefficient (Wildman–Crippen LogP) is 1.42. The lowest BCUT2D eigenvalue weighted by molar-refractivity contribution is -0.218. The molecule has 3 fully saturated rings. The highest BCUT2D eigenvalue weighted by Gasteiger charge is 2.60. The first-order chi connectivity index (χ1) is 16.9. The van der Waals surface area contributed by atoms with Gasteiger partial charge in [0.2, 0.25) is 5.82 Å². The molecule has 2 saturated heterocycles. The first kappa shape index (κ1) is 26.3. The molecule has 200 valence electrons. The summed E-state index contributed by atoms with van der Waals surface area (Å²) in [5.74, 6) is -2.49. The molecular weight excluding hydrogens is 474 g/mol. The van der Waals surface area contributed by atoms with E-state index in [0.717, 1.165) is 25.7 Å². The third-order valence-corrected chi connectivity index (χ3v) is 6.32. The number of nitrogens with two attached hydrogens (primary N) is 1. The maximum atomic E-state index is 12.9. The highest BCUT2D eigenvalue weighted by molar-refractivity contribution is 5.88. The molecule has 1 aliphatic carbocycles. The second kappa shape index (κ2) is 9.94. The number of hydrogen-bond acceptors (Lipinski definition) is 10. The Morgan fingerprint density at radius 3 is 2.47 bits per heavy atom. The molecule has 1 aromatic rings. The second-order valence-corrected chi connectivity index (χ2v) is 10.8. The van der Waals surface area contributed by atoms with Gasteiger partial charge in [-0.2, -0.15) is 0 Å². The highest BCUT2D eigenvalue weighted by atomic mass is 16.8. The van der Waals surface area contributed by atoms with Gasteiger partial charge in [-0.1, -0.05) is 13.8 Å². The maximum Gasteiger partial charge on any atom is 0.408 e. The number of ether oxygens (including phenoxy) is 5. The van der Waals surface area contributed by atoms with Gasteiger partial charge in [-0.15, -0.1) is 5.10 Å². The van der Waals surface area contributed by atoms with Crippen molar-refractivity contribution in [3.05, 3.63) is 12.2 Å². The van der Waals surface area contributed by atoms with E-state index in [1.807, 2.05) is 0 Å². The smallest absolute Gasteiger partial charge is 0.408 e. The molecule has 2 aliphatic heterocycles. The lowest BCUT2D eigenvalue weighted by Crippen LogP contribution is -2.48. The molecule has 2 amide bonds. The van der Waals surface area contributed by atoms with Crippen LogP contribution in [0.25, 0.3) is 0 Å². The van der Waals surface area contributed by atoms with E-state index < -0.39 is 59.9 Å². The normalized spacial score (nSPS) is 27.7. The van der Waals surface area contributed by atoms with Crippen molar-refractivity contribution >= 4 is 18.0 Å². The van der Waals surface area contributed by atoms with E-state index in [9.17, 15) is 14.4 Å². The Labute approximate surface area is 209 Å². The van der Waals surface area contributed by atoms with Crippen LogP contribution in [0.4, 0.5) is 4.79 Å². The summed E-state index contributed by atoms with van der Waals surface area (Å²) in [6, 6.07) is -0.914. The number of esters is 1. The van der Waals surface area contributed by atoms with Gasteiger partial charge in [0, 0.05) is 12.8 Å². The zero-order valence-electron chi connectivity index (χ0n) is 21.3. The molecule has 1 aromatic heterocycles. The summed E-state index contributed by atoms with van der Waals surface area (Å²) in [4.78, 5) is 40.5. The number of nitrogens with zero attached hydrogens (tertiary/aromatic N) is 3. The number of primary amides is 1. The van der Waals surface area contributed by atoms with Crippen molar-refractivity contribution in [1.29, 1.82) is 0 Å². The summed E-state index contributed by atoms with van der Waals surface area (Å²) in [7, 11) is 0. The summed E-state index contributed by atoms with van der Waals surface area (Å²) < 4.78 is 31.0. The van der Waals surface area contributed by atoms with Gasteiger partial charge in [-0.25, -0.2) is 19.3 Å². The lowest BCUT2D eigenvalue weighted by Gasteiger charge is -2.27. The van der Waals surface area contributed by atoms with Crippen molar-refractivity contribution in [3.8, 4) is 0 Å². The summed E-state index contributed by atoms with van der Waals surface area (Å²) in [5.41, 5.74) is 4.58. The SMILES string of the molecule is CC(C)[C@@H](NC(=O)OC(C)(C)C)C(=O)OC[C@@H]1O[C@H](n2cnc(C(N)=O)n2)[C@H]2OC3(CCCC3)O[C@H]21. The standard InChI is InChI=1S/C23H35N5O8/c1-12(2)14(26-21(31)36-22(3,4)5)20(30)32-10-13-15-16(35-23(34-15)8-6-7-9-23)19(33-13)28-11-25-18(27-28)17(24)29/h11-16,19H,6-10H2,1-5H3,(H2,24,29)(H,26,31)/t13-,14+,15-,16-,19-/m0/s1. The van der Waals surface area contributed by atoms with Crippen LogP contribution in [0.3, 0.4) is 0 Å². The van der Waals surface area contributed by atoms with Crippen molar-refractivity contribution in [2.45, 2.75) is 102 Å². The number of hydrogen-bond donors (Lipinski definition) is 2. The van der Waals surface area contributed by atoms with Crippen LogP contribution >= 0.6 is 0 Å². The van der Waals surface area contributed by atoms with Gasteiger partial charge in [0.25, 0.3) is 5.91 Å². The number of rotatable bonds is 7. The predicted molar refractivity (Wildman–Crippen MR) is 122 cm³/mol. The molecule has 0 unspecified atom stereocenters. The summed E-state index contributed by atoms with van der Waals surface area (Å²) in [5, 5.41) is 6.69. The van der Waals surface area contributed by atoms with Gasteiger partial charge in [-0.3, -0.25) is 4.79 Å². The highest BCUT2D eigenvalue weighted by Crippen LogP contribution is 2.49. The molecule has 36 heavy (non-hydrogen) atoms. The second-order valence-electron chi connectivity index (χ2n) is 10.8. The number of alkyl carbamates (subject to hydrolysis) is 1. The minimum absolute atomic E-state index is 0.132. The molecule has 0 aromatic carbocycles. The van der Waals surface area contributed by atoms with Crippen molar-refractivity contribution in [3.63, 3.8) is 0 Å². The largest absolute Gasteiger partial charge is 0.461 e. The number of fused-ring (bicyclic) bond motifs is 1. The van der Waals surface area contributed by atoms with Gasteiger partial charge in [0.05, 0.1) is 0 Å². The molecule has 4 rings (SSSR count). The van der Waals surface area contributed by atoms with Crippen LogP contribution in [0.5, 0.6) is 0 Å². The third kappa shape index (κ3) is 5.62. The molecule has 0 bridgehead atoms. The van der Waals surface area contributed by atoms with Crippen LogP contribution in [-0.4, -0.2) is 75.1 Å². The number of amides is 2. The monoisotopic (exact) mass is 509 g/mol. The molecule has 1 spiro atoms. The van der Waals surface area contributed by atoms with E-state index in [0.29, 0.717) is 0 Å². The Hall–Kier alpha value is -2.77. The molecule has 3 aliphatic rings. The van der Waals surface area contributed by atoms with Crippen LogP contribution in [0.1, 0.15) is 77.1 Å². The fraction of sp³-hybridized carbons (Fsp3) is 0.783.